The number of carbonyl (C=O) groups excluding carboxylic acids is 1. The number of sulfone groups is 1. The third-order valence-corrected chi connectivity index (χ3v) is 7.84. The highest BCUT2D eigenvalue weighted by Crippen LogP contribution is 2.28. The number of carbonyl (C=O) groups is 1. The first-order valence-electron chi connectivity index (χ1n) is 10.2. The Morgan fingerprint density at radius 2 is 2.14 bits per heavy atom. The van der Waals surface area contributed by atoms with Gasteiger partial charge in [0.05, 0.1) is 36.3 Å². The van der Waals surface area contributed by atoms with E-state index >= 15 is 0 Å². The number of hydrogen-bond acceptors (Lipinski definition) is 6. The fourth-order valence-electron chi connectivity index (χ4n) is 4.27. The molecule has 9 heteroatoms. The van der Waals surface area contributed by atoms with Crippen molar-refractivity contribution in [1.29, 1.82) is 5.26 Å². The average molecular weight is 423 g/mol. The van der Waals surface area contributed by atoms with E-state index in [0.29, 0.717) is 30.9 Å². The molecule has 2 atom stereocenters. The van der Waals surface area contributed by atoms with E-state index in [1.54, 1.807) is 0 Å². The van der Waals surface area contributed by atoms with Gasteiger partial charge in [-0.1, -0.05) is 6.92 Å². The minimum atomic E-state index is -3.01. The highest BCUT2D eigenvalue weighted by Gasteiger charge is 2.33. The zero-order valence-electron chi connectivity index (χ0n) is 17.4. The summed E-state index contributed by atoms with van der Waals surface area (Å²) in [5, 5.41) is 12.6. The molecule has 2 saturated heterocycles. The number of nitriles is 1. The van der Waals surface area contributed by atoms with Crippen molar-refractivity contribution in [3.05, 3.63) is 16.8 Å². The van der Waals surface area contributed by atoms with Gasteiger partial charge in [-0.2, -0.15) is 5.26 Å². The van der Waals surface area contributed by atoms with Crippen molar-refractivity contribution in [3.8, 4) is 6.07 Å². The molecule has 0 spiro atoms. The van der Waals surface area contributed by atoms with E-state index < -0.39 is 9.84 Å². The van der Waals surface area contributed by atoms with Crippen LogP contribution in [0.4, 0.5) is 5.82 Å². The van der Waals surface area contributed by atoms with Gasteiger partial charge < -0.3 is 14.6 Å². The van der Waals surface area contributed by atoms with E-state index in [9.17, 15) is 18.5 Å². The molecule has 0 aromatic carbocycles. The lowest BCUT2D eigenvalue weighted by Crippen LogP contribution is -2.41. The molecule has 1 aromatic heterocycles. The average Bonchev–Trinajstić information content (AvgIpc) is 3.36. The van der Waals surface area contributed by atoms with Crippen LogP contribution in [-0.2, 0) is 25.9 Å². The molecule has 29 heavy (non-hydrogen) atoms. The van der Waals surface area contributed by atoms with Gasteiger partial charge in [-0.25, -0.2) is 8.42 Å². The number of ether oxygens (including phenoxy) is 1. The maximum Gasteiger partial charge on any atom is 0.239 e. The zero-order valence-corrected chi connectivity index (χ0v) is 18.2. The van der Waals surface area contributed by atoms with Crippen molar-refractivity contribution in [2.24, 2.45) is 0 Å². The Balaban J connectivity index is 1.76. The van der Waals surface area contributed by atoms with Crippen LogP contribution < -0.4 is 5.32 Å². The lowest BCUT2D eigenvalue weighted by Gasteiger charge is -2.26. The van der Waals surface area contributed by atoms with E-state index in [2.05, 4.69) is 11.4 Å². The summed E-state index contributed by atoms with van der Waals surface area (Å²) < 4.78 is 31.3. The van der Waals surface area contributed by atoms with E-state index in [4.69, 9.17) is 4.74 Å². The lowest BCUT2D eigenvalue weighted by molar-refractivity contribution is -0.117. The molecular weight excluding hydrogens is 392 g/mol. The Morgan fingerprint density at radius 1 is 1.38 bits per heavy atom. The number of rotatable bonds is 7. The van der Waals surface area contributed by atoms with Crippen molar-refractivity contribution < 1.29 is 17.9 Å². The van der Waals surface area contributed by atoms with Crippen molar-refractivity contribution in [2.75, 3.05) is 36.5 Å². The van der Waals surface area contributed by atoms with Gasteiger partial charge in [-0.3, -0.25) is 9.69 Å². The Labute approximate surface area is 172 Å². The van der Waals surface area contributed by atoms with Crippen LogP contribution in [0.25, 0.3) is 0 Å². The van der Waals surface area contributed by atoms with Gasteiger partial charge in [-0.15, -0.1) is 0 Å². The molecule has 1 aromatic rings. The minimum Gasteiger partial charge on any atom is -0.376 e. The standard InChI is InChI=1S/C20H30N4O4S/c1-4-23(16-7-9-29(26,27)13-16)12-19(25)22-20-18(10-21)14(2)15(3)24(20)11-17-6-5-8-28-17/h16-17H,4-9,11-13H2,1-3H3,(H,22,25). The summed E-state index contributed by atoms with van der Waals surface area (Å²) >= 11 is 0. The Morgan fingerprint density at radius 3 is 2.69 bits per heavy atom. The highest BCUT2D eigenvalue weighted by atomic mass is 32.2. The first-order chi connectivity index (χ1) is 13.8. The maximum absolute atomic E-state index is 12.8. The molecule has 0 aliphatic carbocycles. The van der Waals surface area contributed by atoms with E-state index in [0.717, 1.165) is 30.7 Å². The minimum absolute atomic E-state index is 0.0820. The first kappa shape index (κ1) is 21.8. The zero-order chi connectivity index (χ0) is 21.2. The topological polar surface area (TPSA) is 104 Å². The van der Waals surface area contributed by atoms with Crippen LogP contribution in [0.2, 0.25) is 0 Å². The van der Waals surface area contributed by atoms with E-state index in [-0.39, 0.29) is 36.1 Å². The predicted molar refractivity (Wildman–Crippen MR) is 111 cm³/mol. The van der Waals surface area contributed by atoms with Crippen LogP contribution in [0.15, 0.2) is 0 Å². The molecule has 2 aliphatic rings. The molecule has 0 radical (unpaired) electrons. The molecular formula is C20H30N4O4S. The smallest absolute Gasteiger partial charge is 0.239 e. The molecule has 0 bridgehead atoms. The van der Waals surface area contributed by atoms with Crippen LogP contribution >= 0.6 is 0 Å². The van der Waals surface area contributed by atoms with E-state index in [1.165, 1.54) is 0 Å². The molecule has 2 fully saturated rings. The quantitative estimate of drug-likeness (QED) is 0.716. The SMILES string of the molecule is CCN(CC(=O)Nc1c(C#N)c(C)c(C)n1CC1CCCO1)C1CCS(=O)(=O)C1. The molecule has 2 aliphatic heterocycles. The van der Waals surface area contributed by atoms with Crippen molar-refractivity contribution in [2.45, 2.75) is 58.7 Å². The summed E-state index contributed by atoms with van der Waals surface area (Å²) in [6.07, 6.45) is 2.62. The summed E-state index contributed by atoms with van der Waals surface area (Å²) in [5.74, 6) is 0.555. The number of nitrogens with zero attached hydrogens (tertiary/aromatic N) is 3. The highest BCUT2D eigenvalue weighted by molar-refractivity contribution is 7.91. The normalized spacial score (nSPS) is 23.4. The van der Waals surface area contributed by atoms with Gasteiger partial charge in [0.2, 0.25) is 5.91 Å². The first-order valence-corrected chi connectivity index (χ1v) is 12.0. The predicted octanol–water partition coefficient (Wildman–Crippen LogP) is 1.60. The fraction of sp³-hybridized carbons (Fsp3) is 0.700. The van der Waals surface area contributed by atoms with Crippen molar-refractivity contribution in [1.82, 2.24) is 9.47 Å². The Bertz CT molecular complexity index is 910. The van der Waals surface area contributed by atoms with Crippen molar-refractivity contribution >= 4 is 21.6 Å². The van der Waals surface area contributed by atoms with E-state index in [1.807, 2.05) is 30.2 Å². The molecule has 160 valence electrons. The summed E-state index contributed by atoms with van der Waals surface area (Å²) in [6, 6.07) is 2.09. The molecule has 3 heterocycles. The van der Waals surface area contributed by atoms with Gasteiger partial charge in [0, 0.05) is 18.3 Å². The second-order valence-electron chi connectivity index (χ2n) is 7.96. The molecule has 1 amide bonds. The van der Waals surface area contributed by atoms with Crippen LogP contribution in [0.3, 0.4) is 0 Å². The van der Waals surface area contributed by atoms with Gasteiger partial charge in [0.25, 0.3) is 0 Å². The van der Waals surface area contributed by atoms with Crippen LogP contribution in [-0.4, -0.2) is 67.1 Å². The second kappa shape index (κ2) is 8.86. The van der Waals surface area contributed by atoms with Crippen LogP contribution in [0.1, 0.15) is 43.0 Å². The number of amides is 1. The third-order valence-electron chi connectivity index (χ3n) is 6.09. The fourth-order valence-corrected chi connectivity index (χ4v) is 6.03. The molecule has 8 nitrogen and oxygen atoms in total. The summed E-state index contributed by atoms with van der Waals surface area (Å²) in [7, 11) is -3.01. The number of aromatic nitrogens is 1. The van der Waals surface area contributed by atoms with Crippen LogP contribution in [0.5, 0.6) is 0 Å². The van der Waals surface area contributed by atoms with Gasteiger partial charge in [0.15, 0.2) is 9.84 Å². The monoisotopic (exact) mass is 422 g/mol. The van der Waals surface area contributed by atoms with Crippen LogP contribution in [0, 0.1) is 25.2 Å². The summed E-state index contributed by atoms with van der Waals surface area (Å²) in [6.45, 7) is 7.79. The number of anilines is 1. The van der Waals surface area contributed by atoms with Gasteiger partial charge >= 0.3 is 0 Å². The maximum atomic E-state index is 12.8. The molecule has 1 N–H and O–H groups in total. The number of likely N-dealkylation sites (N-methyl/N-ethyl adjacent to an activating group) is 1. The largest absolute Gasteiger partial charge is 0.376 e. The summed E-state index contributed by atoms with van der Waals surface area (Å²) in [4.78, 5) is 14.7. The Kier molecular flexibility index (Phi) is 6.66. The molecule has 3 rings (SSSR count). The number of nitrogens with one attached hydrogen (secondary N) is 1. The number of hydrogen-bond donors (Lipinski definition) is 1. The van der Waals surface area contributed by atoms with Gasteiger partial charge in [0.1, 0.15) is 11.9 Å². The molecule has 2 unspecified atom stereocenters. The third kappa shape index (κ3) is 4.82. The molecule has 0 saturated carbocycles. The lowest BCUT2D eigenvalue weighted by atomic mass is 10.2. The Hall–Kier alpha value is -1.89. The second-order valence-corrected chi connectivity index (χ2v) is 10.2. The van der Waals surface area contributed by atoms with Crippen molar-refractivity contribution in [3.63, 3.8) is 0 Å². The summed E-state index contributed by atoms with van der Waals surface area (Å²) in [5.41, 5.74) is 2.27. The van der Waals surface area contributed by atoms with Gasteiger partial charge in [-0.05, 0) is 45.2 Å².